The van der Waals surface area contributed by atoms with E-state index in [1.165, 1.54) is 13.1 Å². The Hall–Kier alpha value is -2.38. The van der Waals surface area contributed by atoms with Gasteiger partial charge in [-0.15, -0.1) is 0 Å². The Bertz CT molecular complexity index is 807. The van der Waals surface area contributed by atoms with Gasteiger partial charge in [-0.3, -0.25) is 9.59 Å². The zero-order chi connectivity index (χ0) is 17.7. The van der Waals surface area contributed by atoms with E-state index < -0.39 is 5.91 Å². The zero-order valence-corrected chi connectivity index (χ0v) is 14.9. The van der Waals surface area contributed by atoms with Crippen LogP contribution in [0.15, 0.2) is 46.0 Å². The van der Waals surface area contributed by atoms with Crippen molar-refractivity contribution >= 4 is 51.2 Å². The summed E-state index contributed by atoms with van der Waals surface area (Å²) < 4.78 is 0.673. The molecule has 124 valence electrons. The summed E-state index contributed by atoms with van der Waals surface area (Å²) in [7, 11) is 0. The van der Waals surface area contributed by atoms with Gasteiger partial charge in [0, 0.05) is 28.2 Å². The Kier molecular flexibility index (Phi) is 5.94. The number of hydrogen-bond donors (Lipinski definition) is 3. The molecule has 2 aromatic carbocycles. The molecule has 6 nitrogen and oxygen atoms in total. The van der Waals surface area contributed by atoms with Crippen molar-refractivity contribution in [1.29, 1.82) is 0 Å². The van der Waals surface area contributed by atoms with Crippen molar-refractivity contribution in [2.45, 2.75) is 6.92 Å². The van der Waals surface area contributed by atoms with Gasteiger partial charge >= 0.3 is 0 Å². The fourth-order valence-corrected chi connectivity index (χ4v) is 2.65. The van der Waals surface area contributed by atoms with Crippen molar-refractivity contribution in [3.8, 4) is 5.75 Å². The largest absolute Gasteiger partial charge is 0.506 e. The Morgan fingerprint density at radius 3 is 2.54 bits per heavy atom. The first-order valence-corrected chi connectivity index (χ1v) is 7.93. The van der Waals surface area contributed by atoms with Crippen molar-refractivity contribution in [3.05, 3.63) is 57.0 Å². The Balaban J connectivity index is 2.04. The molecule has 2 amide bonds. The second-order valence-electron chi connectivity index (χ2n) is 4.78. The van der Waals surface area contributed by atoms with E-state index in [1.54, 1.807) is 36.4 Å². The van der Waals surface area contributed by atoms with Crippen LogP contribution in [0.4, 0.5) is 5.69 Å². The van der Waals surface area contributed by atoms with Crippen LogP contribution in [-0.4, -0.2) is 23.1 Å². The van der Waals surface area contributed by atoms with E-state index in [0.29, 0.717) is 21.3 Å². The normalized spacial score (nSPS) is 10.6. The van der Waals surface area contributed by atoms with Gasteiger partial charge in [-0.1, -0.05) is 27.5 Å². The van der Waals surface area contributed by atoms with E-state index in [1.807, 2.05) is 0 Å². The van der Waals surface area contributed by atoms with Gasteiger partial charge in [0.05, 0.1) is 11.2 Å². The molecule has 8 heteroatoms. The molecular weight excluding hydrogens is 398 g/mol. The maximum absolute atomic E-state index is 12.0. The van der Waals surface area contributed by atoms with Gasteiger partial charge < -0.3 is 10.4 Å². The van der Waals surface area contributed by atoms with E-state index in [-0.39, 0.29) is 16.7 Å². The van der Waals surface area contributed by atoms with Gasteiger partial charge in [0.1, 0.15) is 5.75 Å². The Morgan fingerprint density at radius 1 is 1.25 bits per heavy atom. The topological polar surface area (TPSA) is 90.8 Å². The molecule has 3 N–H and O–H groups in total. The molecule has 0 saturated carbocycles. The number of phenolic OH excluding ortho intramolecular Hbond substituents is 1. The predicted octanol–water partition coefficient (Wildman–Crippen LogP) is 3.53. The lowest BCUT2D eigenvalue weighted by atomic mass is 10.2. The molecule has 0 aromatic heterocycles. The lowest BCUT2D eigenvalue weighted by molar-refractivity contribution is -0.114. The third kappa shape index (κ3) is 4.81. The monoisotopic (exact) mass is 409 g/mol. The van der Waals surface area contributed by atoms with E-state index in [9.17, 15) is 14.7 Å². The highest BCUT2D eigenvalue weighted by molar-refractivity contribution is 9.10. The van der Waals surface area contributed by atoms with Crippen LogP contribution >= 0.6 is 27.5 Å². The molecule has 0 aliphatic rings. The van der Waals surface area contributed by atoms with E-state index >= 15 is 0 Å². The number of phenols is 1. The molecule has 0 bridgehead atoms. The zero-order valence-electron chi connectivity index (χ0n) is 12.5. The average Bonchev–Trinajstić information content (AvgIpc) is 2.52. The molecule has 0 heterocycles. The molecule has 2 rings (SSSR count). The smallest absolute Gasteiger partial charge is 0.271 e. The third-order valence-corrected chi connectivity index (χ3v) is 3.64. The Morgan fingerprint density at radius 2 is 1.92 bits per heavy atom. The highest BCUT2D eigenvalue weighted by Crippen LogP contribution is 2.30. The lowest BCUT2D eigenvalue weighted by Gasteiger charge is -2.04. The number of anilines is 1. The van der Waals surface area contributed by atoms with Gasteiger partial charge in [-0.25, -0.2) is 5.43 Å². The predicted molar refractivity (Wildman–Crippen MR) is 96.6 cm³/mol. The van der Waals surface area contributed by atoms with E-state index in [2.05, 4.69) is 31.8 Å². The number of amides is 2. The first kappa shape index (κ1) is 18.0. The second-order valence-corrected chi connectivity index (χ2v) is 6.11. The molecular formula is C16H13BrClN3O3. The number of nitrogens with one attached hydrogen (secondary N) is 2. The van der Waals surface area contributed by atoms with Crippen LogP contribution in [0.2, 0.25) is 5.02 Å². The van der Waals surface area contributed by atoms with Gasteiger partial charge in [-0.05, 0) is 36.4 Å². The summed E-state index contributed by atoms with van der Waals surface area (Å²) in [6.07, 6.45) is 1.29. The minimum Gasteiger partial charge on any atom is -0.506 e. The molecule has 0 aliphatic carbocycles. The SMILES string of the molecule is CC(=O)Nc1ccc(C(=O)N/N=C\c2cc(Br)cc(Cl)c2O)cc1. The van der Waals surface area contributed by atoms with Crippen LogP contribution in [-0.2, 0) is 4.79 Å². The number of nitrogens with zero attached hydrogens (tertiary/aromatic N) is 1. The average molecular weight is 411 g/mol. The van der Waals surface area contributed by atoms with Crippen molar-refractivity contribution in [2.24, 2.45) is 5.10 Å². The second kappa shape index (κ2) is 7.94. The number of hydrazone groups is 1. The third-order valence-electron chi connectivity index (χ3n) is 2.89. The summed E-state index contributed by atoms with van der Waals surface area (Å²) in [5.41, 5.74) is 3.67. The first-order chi connectivity index (χ1) is 11.4. The number of hydrogen-bond acceptors (Lipinski definition) is 4. The van der Waals surface area contributed by atoms with E-state index in [4.69, 9.17) is 11.6 Å². The maximum atomic E-state index is 12.0. The molecule has 0 radical (unpaired) electrons. The number of carbonyl (C=O) groups excluding carboxylic acids is 2. The van der Waals surface area contributed by atoms with Crippen molar-refractivity contribution < 1.29 is 14.7 Å². The summed E-state index contributed by atoms with van der Waals surface area (Å²) in [6, 6.07) is 9.50. The highest BCUT2D eigenvalue weighted by Gasteiger charge is 2.07. The van der Waals surface area contributed by atoms with Crippen molar-refractivity contribution in [1.82, 2.24) is 5.43 Å². The molecule has 24 heavy (non-hydrogen) atoms. The standard InChI is InChI=1S/C16H13BrClN3O3/c1-9(22)20-13-4-2-10(3-5-13)16(24)21-19-8-11-6-12(17)7-14(18)15(11)23/h2-8,23H,1H3,(H,20,22)(H,21,24)/b19-8-. The van der Waals surface area contributed by atoms with Crippen LogP contribution in [0.1, 0.15) is 22.8 Å². The molecule has 0 aliphatic heterocycles. The summed E-state index contributed by atoms with van der Waals surface area (Å²) in [5.74, 6) is -0.747. The van der Waals surface area contributed by atoms with Crippen molar-refractivity contribution in [3.63, 3.8) is 0 Å². The highest BCUT2D eigenvalue weighted by atomic mass is 79.9. The summed E-state index contributed by atoms with van der Waals surface area (Å²) >= 11 is 9.10. The fraction of sp³-hybridized carbons (Fsp3) is 0.0625. The van der Waals surface area contributed by atoms with Gasteiger partial charge in [0.25, 0.3) is 5.91 Å². The molecule has 0 unspecified atom stereocenters. The van der Waals surface area contributed by atoms with Crippen molar-refractivity contribution in [2.75, 3.05) is 5.32 Å². The summed E-state index contributed by atoms with van der Waals surface area (Å²) in [4.78, 5) is 22.9. The van der Waals surface area contributed by atoms with Crippen LogP contribution in [0, 0.1) is 0 Å². The van der Waals surface area contributed by atoms with E-state index in [0.717, 1.165) is 0 Å². The number of carbonyl (C=O) groups is 2. The minimum atomic E-state index is -0.429. The molecule has 0 saturated heterocycles. The van der Waals surface area contributed by atoms with Crippen LogP contribution < -0.4 is 10.7 Å². The lowest BCUT2D eigenvalue weighted by Crippen LogP contribution is -2.17. The number of rotatable bonds is 4. The minimum absolute atomic E-state index is 0.127. The number of halogens is 2. The molecule has 0 spiro atoms. The van der Waals surface area contributed by atoms with Gasteiger partial charge in [0.15, 0.2) is 0 Å². The number of aromatic hydroxyl groups is 1. The maximum Gasteiger partial charge on any atom is 0.271 e. The summed E-state index contributed by atoms with van der Waals surface area (Å²) in [5, 5.41) is 16.4. The van der Waals surface area contributed by atoms with Crippen LogP contribution in [0.3, 0.4) is 0 Å². The van der Waals surface area contributed by atoms with Crippen LogP contribution in [0.25, 0.3) is 0 Å². The summed E-state index contributed by atoms with van der Waals surface area (Å²) in [6.45, 7) is 1.40. The molecule has 0 atom stereocenters. The first-order valence-electron chi connectivity index (χ1n) is 6.76. The van der Waals surface area contributed by atoms with Gasteiger partial charge in [-0.2, -0.15) is 5.10 Å². The van der Waals surface area contributed by atoms with Gasteiger partial charge in [0.2, 0.25) is 5.91 Å². The quantitative estimate of drug-likeness (QED) is 0.532. The molecule has 2 aromatic rings. The Labute approximate surface area is 151 Å². The van der Waals surface area contributed by atoms with Crippen LogP contribution in [0.5, 0.6) is 5.75 Å². The molecule has 0 fully saturated rings. The number of benzene rings is 2. The fourth-order valence-electron chi connectivity index (χ4n) is 1.82.